The van der Waals surface area contributed by atoms with Crippen LogP contribution in [0.15, 0.2) is 0 Å². The van der Waals surface area contributed by atoms with E-state index in [-0.39, 0.29) is 18.3 Å². The molecule has 0 aromatic carbocycles. The van der Waals surface area contributed by atoms with Gasteiger partial charge >= 0.3 is 0 Å². The first-order valence-electron chi connectivity index (χ1n) is 8.11. The molecule has 0 aliphatic heterocycles. The third-order valence-corrected chi connectivity index (χ3v) is 5.96. The van der Waals surface area contributed by atoms with Crippen LogP contribution in [0.3, 0.4) is 0 Å². The van der Waals surface area contributed by atoms with Crippen molar-refractivity contribution < 1.29 is 4.79 Å². The van der Waals surface area contributed by atoms with Gasteiger partial charge in [0.15, 0.2) is 0 Å². The first-order valence-corrected chi connectivity index (χ1v) is 8.92. The second-order valence-corrected chi connectivity index (χ2v) is 7.05. The lowest BCUT2D eigenvalue weighted by Crippen LogP contribution is -2.45. The van der Waals surface area contributed by atoms with Gasteiger partial charge in [0, 0.05) is 24.4 Å². The van der Waals surface area contributed by atoms with Crippen LogP contribution >= 0.6 is 23.7 Å². The number of amides is 1. The average Bonchev–Trinajstić information content (AvgIpc) is 2.92. The lowest BCUT2D eigenvalue weighted by molar-refractivity contribution is -0.131. The van der Waals surface area contributed by atoms with Gasteiger partial charge in [-0.1, -0.05) is 13.8 Å². The molecule has 126 valence electrons. The van der Waals surface area contributed by atoms with E-state index >= 15 is 0 Å². The van der Waals surface area contributed by atoms with Crippen molar-refractivity contribution in [3.05, 3.63) is 15.6 Å². The van der Waals surface area contributed by atoms with Crippen LogP contribution in [0.4, 0.5) is 0 Å². The number of nitrogens with two attached hydrogens (primary N) is 1. The van der Waals surface area contributed by atoms with Gasteiger partial charge in [-0.3, -0.25) is 4.79 Å². The highest BCUT2D eigenvalue weighted by Gasteiger charge is 2.32. The Morgan fingerprint density at radius 2 is 2.00 bits per heavy atom. The van der Waals surface area contributed by atoms with E-state index in [1.807, 2.05) is 25.2 Å². The molecule has 0 bridgehead atoms. The Kier molecular flexibility index (Phi) is 7.80. The number of nitrogens with one attached hydrogen (secondary N) is 1. The van der Waals surface area contributed by atoms with Gasteiger partial charge in [-0.05, 0) is 38.5 Å². The van der Waals surface area contributed by atoms with E-state index in [0.29, 0.717) is 13.1 Å². The van der Waals surface area contributed by atoms with Crippen molar-refractivity contribution >= 4 is 29.7 Å². The molecule has 3 N–H and O–H groups in total. The number of halogens is 1. The van der Waals surface area contributed by atoms with E-state index in [1.54, 1.807) is 0 Å². The second kappa shape index (κ2) is 8.85. The summed E-state index contributed by atoms with van der Waals surface area (Å²) >= 11 is 1.82. The molecule has 0 unspecified atom stereocenters. The molecule has 1 heterocycles. The maximum atomic E-state index is 12.3. The van der Waals surface area contributed by atoms with Crippen molar-refractivity contribution in [1.29, 1.82) is 0 Å². The monoisotopic (exact) mass is 345 g/mol. The van der Waals surface area contributed by atoms with Crippen LogP contribution in [-0.2, 0) is 24.1 Å². The molecule has 1 aliphatic rings. The van der Waals surface area contributed by atoms with Crippen LogP contribution in [0.2, 0.25) is 0 Å². The van der Waals surface area contributed by atoms with Crippen LogP contribution in [-0.4, -0.2) is 24.0 Å². The largest absolute Gasteiger partial charge is 0.355 e. The number of carbonyl (C=O) groups excluding carboxylic acids is 1. The summed E-state index contributed by atoms with van der Waals surface area (Å²) in [5.41, 5.74) is 6.70. The fourth-order valence-corrected chi connectivity index (χ4v) is 4.09. The third kappa shape index (κ3) is 4.21. The summed E-state index contributed by atoms with van der Waals surface area (Å²) in [6.45, 7) is 5.14. The molecule has 22 heavy (non-hydrogen) atoms. The summed E-state index contributed by atoms with van der Waals surface area (Å²) in [4.78, 5) is 18.5. The van der Waals surface area contributed by atoms with Gasteiger partial charge in [-0.15, -0.1) is 23.7 Å². The maximum Gasteiger partial charge on any atom is 0.227 e. The minimum Gasteiger partial charge on any atom is -0.355 e. The van der Waals surface area contributed by atoms with Crippen LogP contribution in [0.25, 0.3) is 0 Å². The van der Waals surface area contributed by atoms with Gasteiger partial charge in [0.2, 0.25) is 5.91 Å². The summed E-state index contributed by atoms with van der Waals surface area (Å²) in [6, 6.07) is 0. The smallest absolute Gasteiger partial charge is 0.227 e. The molecular formula is C16H28ClN3OS. The van der Waals surface area contributed by atoms with Crippen molar-refractivity contribution in [2.75, 3.05) is 13.1 Å². The first-order chi connectivity index (χ1) is 10.1. The zero-order valence-corrected chi connectivity index (χ0v) is 15.2. The van der Waals surface area contributed by atoms with E-state index in [4.69, 9.17) is 10.7 Å². The minimum atomic E-state index is -0.401. The number of nitrogens with zero attached hydrogens (tertiary/aromatic N) is 1. The topological polar surface area (TPSA) is 68.0 Å². The number of aromatic nitrogens is 1. The number of aryl methyl sites for hydroxylation is 2. The Morgan fingerprint density at radius 1 is 1.32 bits per heavy atom. The zero-order chi connectivity index (χ0) is 15.3. The van der Waals surface area contributed by atoms with Gasteiger partial charge in [0.25, 0.3) is 0 Å². The van der Waals surface area contributed by atoms with Gasteiger partial charge in [0.1, 0.15) is 0 Å². The van der Waals surface area contributed by atoms with E-state index in [9.17, 15) is 4.79 Å². The van der Waals surface area contributed by atoms with E-state index in [2.05, 4.69) is 5.32 Å². The van der Waals surface area contributed by atoms with Crippen LogP contribution in [0, 0.1) is 5.41 Å². The van der Waals surface area contributed by atoms with E-state index in [0.717, 1.165) is 30.7 Å². The number of hydrogen-bond acceptors (Lipinski definition) is 4. The van der Waals surface area contributed by atoms with Gasteiger partial charge in [-0.2, -0.15) is 0 Å². The van der Waals surface area contributed by atoms with Crippen LogP contribution in [0.5, 0.6) is 0 Å². The van der Waals surface area contributed by atoms with Gasteiger partial charge < -0.3 is 11.1 Å². The van der Waals surface area contributed by atoms with Crippen molar-refractivity contribution in [3.8, 4) is 0 Å². The standard InChI is InChI=1S/C16H27N3OS.ClH/c1-3-16(4-2,11-17)15(20)18-10-9-14-19-12-7-5-6-8-13(12)21-14;/h3-11,17H2,1-2H3,(H,18,20);1H. The molecule has 1 aromatic heterocycles. The molecule has 0 radical (unpaired) electrons. The molecule has 0 spiro atoms. The Morgan fingerprint density at radius 3 is 2.59 bits per heavy atom. The fraction of sp³-hybridized carbons (Fsp3) is 0.750. The zero-order valence-electron chi connectivity index (χ0n) is 13.6. The Labute approximate surface area is 143 Å². The summed E-state index contributed by atoms with van der Waals surface area (Å²) in [7, 11) is 0. The minimum absolute atomic E-state index is 0. The van der Waals surface area contributed by atoms with Crippen LogP contribution < -0.4 is 11.1 Å². The predicted molar refractivity (Wildman–Crippen MR) is 94.8 cm³/mol. The molecular weight excluding hydrogens is 318 g/mol. The summed E-state index contributed by atoms with van der Waals surface area (Å²) in [5.74, 6) is 0.0938. The van der Waals surface area contributed by atoms with Crippen molar-refractivity contribution in [1.82, 2.24) is 10.3 Å². The Balaban J connectivity index is 0.00000242. The van der Waals surface area contributed by atoms with E-state index in [1.165, 1.54) is 29.8 Å². The Hall–Kier alpha value is -0.650. The van der Waals surface area contributed by atoms with Crippen molar-refractivity contribution in [2.24, 2.45) is 11.1 Å². The van der Waals surface area contributed by atoms with Crippen LogP contribution in [0.1, 0.15) is 55.1 Å². The third-order valence-electron chi connectivity index (χ3n) is 4.74. The molecule has 4 nitrogen and oxygen atoms in total. The van der Waals surface area contributed by atoms with Gasteiger partial charge in [-0.25, -0.2) is 4.98 Å². The van der Waals surface area contributed by atoms with Crippen molar-refractivity contribution in [3.63, 3.8) is 0 Å². The first kappa shape index (κ1) is 19.4. The quantitative estimate of drug-likeness (QED) is 0.798. The molecule has 1 amide bonds. The second-order valence-electron chi connectivity index (χ2n) is 5.88. The number of carbonyl (C=O) groups is 1. The van der Waals surface area contributed by atoms with Crippen molar-refractivity contribution in [2.45, 2.75) is 58.8 Å². The molecule has 1 aromatic rings. The highest BCUT2D eigenvalue weighted by molar-refractivity contribution is 7.11. The number of rotatable bonds is 7. The highest BCUT2D eigenvalue weighted by Crippen LogP contribution is 2.27. The molecule has 2 rings (SSSR count). The number of thiazole rings is 1. The molecule has 0 saturated carbocycles. The number of hydrogen-bond donors (Lipinski definition) is 2. The molecule has 0 fully saturated rings. The lowest BCUT2D eigenvalue weighted by Gasteiger charge is -2.28. The molecule has 0 atom stereocenters. The highest BCUT2D eigenvalue weighted by atomic mass is 35.5. The van der Waals surface area contributed by atoms with E-state index < -0.39 is 5.41 Å². The SMILES string of the molecule is CCC(CC)(CN)C(=O)NCCc1nc2c(s1)CCCC2.Cl. The average molecular weight is 346 g/mol. The number of fused-ring (bicyclic) bond motifs is 1. The molecule has 1 aliphatic carbocycles. The summed E-state index contributed by atoms with van der Waals surface area (Å²) < 4.78 is 0. The summed E-state index contributed by atoms with van der Waals surface area (Å²) in [6.07, 6.45) is 7.27. The van der Waals surface area contributed by atoms with Gasteiger partial charge in [0.05, 0.1) is 16.1 Å². The lowest BCUT2D eigenvalue weighted by atomic mass is 9.81. The normalized spacial score (nSPS) is 14.1. The maximum absolute atomic E-state index is 12.3. The Bertz CT molecular complexity index is 454. The predicted octanol–water partition coefficient (Wildman–Crippen LogP) is 2.87. The molecule has 6 heteroatoms. The molecule has 0 saturated heterocycles. The summed E-state index contributed by atoms with van der Waals surface area (Å²) in [5, 5.41) is 4.21. The fourth-order valence-electron chi connectivity index (χ4n) is 2.94.